The van der Waals surface area contributed by atoms with E-state index in [-0.39, 0.29) is 0 Å². The van der Waals surface area contributed by atoms with Crippen molar-refractivity contribution in [2.75, 3.05) is 0 Å². The van der Waals surface area contributed by atoms with Crippen LogP contribution in [0, 0.1) is 6.92 Å². The third-order valence-electron chi connectivity index (χ3n) is 2.16. The highest BCUT2D eigenvalue weighted by molar-refractivity contribution is 8.00. The molecule has 0 atom stereocenters. The Bertz CT molecular complexity index is 693. The van der Waals surface area contributed by atoms with Crippen molar-refractivity contribution in [1.82, 2.24) is 20.2 Å². The molecule has 0 N–H and O–H groups in total. The molecule has 3 aromatic heterocycles. The Morgan fingerprint density at radius 2 is 2.22 bits per heavy atom. The number of thioether (sulfide) groups is 1. The fourth-order valence-electron chi connectivity index (χ4n) is 1.39. The molecule has 0 bridgehead atoms. The Morgan fingerprint density at radius 3 is 3.00 bits per heavy atom. The van der Waals surface area contributed by atoms with Crippen LogP contribution in [0.5, 0.6) is 0 Å². The van der Waals surface area contributed by atoms with Crippen LogP contribution in [0.3, 0.4) is 0 Å². The Morgan fingerprint density at radius 1 is 1.33 bits per heavy atom. The SMILES string of the molecule is Cc1nnc(SCc2nc(Cl)c3ccsc3n2)s1. The van der Waals surface area contributed by atoms with Crippen LogP contribution >= 0.6 is 46.0 Å². The van der Waals surface area contributed by atoms with Gasteiger partial charge < -0.3 is 0 Å². The van der Waals surface area contributed by atoms with Gasteiger partial charge in [0.15, 0.2) is 4.34 Å². The van der Waals surface area contributed by atoms with Gasteiger partial charge in [-0.05, 0) is 18.4 Å². The average molecular weight is 315 g/mol. The predicted molar refractivity (Wildman–Crippen MR) is 76.6 cm³/mol. The number of aryl methyl sites for hydroxylation is 1. The normalized spacial score (nSPS) is 11.2. The number of aromatic nitrogens is 4. The van der Waals surface area contributed by atoms with Crippen molar-refractivity contribution in [3.63, 3.8) is 0 Å². The van der Waals surface area contributed by atoms with Crippen molar-refractivity contribution < 1.29 is 0 Å². The molecule has 0 spiro atoms. The summed E-state index contributed by atoms with van der Waals surface area (Å²) in [5, 5.41) is 12.4. The van der Waals surface area contributed by atoms with Gasteiger partial charge in [0.25, 0.3) is 0 Å². The van der Waals surface area contributed by atoms with Crippen LogP contribution in [0.1, 0.15) is 10.8 Å². The van der Waals surface area contributed by atoms with Crippen molar-refractivity contribution in [1.29, 1.82) is 0 Å². The van der Waals surface area contributed by atoms with Crippen LogP contribution in [0.2, 0.25) is 5.15 Å². The molecule has 0 amide bonds. The van der Waals surface area contributed by atoms with E-state index in [0.29, 0.717) is 10.9 Å². The first-order valence-electron chi connectivity index (χ1n) is 5.05. The highest BCUT2D eigenvalue weighted by Gasteiger charge is 2.09. The second-order valence-electron chi connectivity index (χ2n) is 3.45. The van der Waals surface area contributed by atoms with E-state index in [2.05, 4.69) is 20.2 Å². The molecular weight excluding hydrogens is 308 g/mol. The van der Waals surface area contributed by atoms with Gasteiger partial charge in [0.05, 0.1) is 5.75 Å². The van der Waals surface area contributed by atoms with Gasteiger partial charge in [0, 0.05) is 5.39 Å². The monoisotopic (exact) mass is 314 g/mol. The molecule has 0 aliphatic rings. The molecule has 0 radical (unpaired) electrons. The fraction of sp³-hybridized carbons (Fsp3) is 0.200. The van der Waals surface area contributed by atoms with E-state index in [0.717, 1.165) is 25.4 Å². The minimum Gasteiger partial charge on any atom is -0.221 e. The maximum atomic E-state index is 6.11. The van der Waals surface area contributed by atoms with E-state index in [1.54, 1.807) is 34.4 Å². The maximum Gasteiger partial charge on any atom is 0.174 e. The molecule has 3 heterocycles. The number of hydrogen-bond acceptors (Lipinski definition) is 7. The first-order chi connectivity index (χ1) is 8.72. The number of halogens is 1. The van der Waals surface area contributed by atoms with E-state index >= 15 is 0 Å². The molecule has 3 aromatic rings. The number of fused-ring (bicyclic) bond motifs is 1. The predicted octanol–water partition coefficient (Wildman–Crippen LogP) is 3.80. The smallest absolute Gasteiger partial charge is 0.174 e. The van der Waals surface area contributed by atoms with E-state index in [9.17, 15) is 0 Å². The second kappa shape index (κ2) is 5.08. The van der Waals surface area contributed by atoms with Crippen molar-refractivity contribution in [3.8, 4) is 0 Å². The van der Waals surface area contributed by atoms with Crippen LogP contribution in [-0.4, -0.2) is 20.2 Å². The Balaban J connectivity index is 1.82. The summed E-state index contributed by atoms with van der Waals surface area (Å²) in [5.41, 5.74) is 0. The zero-order valence-electron chi connectivity index (χ0n) is 9.25. The number of hydrogen-bond donors (Lipinski definition) is 0. The number of nitrogens with zero attached hydrogens (tertiary/aromatic N) is 4. The van der Waals surface area contributed by atoms with Gasteiger partial charge >= 0.3 is 0 Å². The highest BCUT2D eigenvalue weighted by Crippen LogP contribution is 2.28. The fourth-order valence-corrected chi connectivity index (χ4v) is 4.15. The largest absolute Gasteiger partial charge is 0.221 e. The van der Waals surface area contributed by atoms with Gasteiger partial charge in [-0.15, -0.1) is 21.5 Å². The second-order valence-corrected chi connectivity index (χ2v) is 7.10. The van der Waals surface area contributed by atoms with Crippen LogP contribution in [0.15, 0.2) is 15.8 Å². The lowest BCUT2D eigenvalue weighted by atomic mass is 10.4. The van der Waals surface area contributed by atoms with Gasteiger partial charge in [-0.1, -0.05) is 34.7 Å². The molecule has 3 rings (SSSR count). The molecule has 8 heteroatoms. The summed E-state index contributed by atoms with van der Waals surface area (Å²) in [6.45, 7) is 1.94. The van der Waals surface area contributed by atoms with Gasteiger partial charge in [-0.3, -0.25) is 0 Å². The highest BCUT2D eigenvalue weighted by atomic mass is 35.5. The molecule has 0 fully saturated rings. The average Bonchev–Trinajstić information content (AvgIpc) is 2.95. The lowest BCUT2D eigenvalue weighted by Crippen LogP contribution is -1.92. The molecule has 0 aromatic carbocycles. The van der Waals surface area contributed by atoms with Gasteiger partial charge in [-0.2, -0.15) is 0 Å². The molecule has 92 valence electrons. The van der Waals surface area contributed by atoms with Crippen LogP contribution in [0.25, 0.3) is 10.2 Å². The third kappa shape index (κ3) is 2.49. The molecule has 0 saturated carbocycles. The van der Waals surface area contributed by atoms with E-state index in [1.807, 2.05) is 18.4 Å². The molecule has 0 saturated heterocycles. The van der Waals surface area contributed by atoms with Crippen LogP contribution in [-0.2, 0) is 5.75 Å². The number of rotatable bonds is 3. The molecule has 0 unspecified atom stereocenters. The Labute approximate surface area is 120 Å². The minimum absolute atomic E-state index is 0.519. The van der Waals surface area contributed by atoms with E-state index < -0.39 is 0 Å². The number of thiophene rings is 1. The van der Waals surface area contributed by atoms with Gasteiger partial charge in [0.2, 0.25) is 0 Å². The molecule has 4 nitrogen and oxygen atoms in total. The summed E-state index contributed by atoms with van der Waals surface area (Å²) < 4.78 is 0.929. The van der Waals surface area contributed by atoms with E-state index in [4.69, 9.17) is 11.6 Å². The molecule has 18 heavy (non-hydrogen) atoms. The molecule has 0 aliphatic carbocycles. The summed E-state index contributed by atoms with van der Waals surface area (Å²) in [7, 11) is 0. The van der Waals surface area contributed by atoms with Crippen LogP contribution in [0.4, 0.5) is 0 Å². The summed E-state index contributed by atoms with van der Waals surface area (Å²) in [4.78, 5) is 9.70. The topological polar surface area (TPSA) is 51.6 Å². The lowest BCUT2D eigenvalue weighted by molar-refractivity contribution is 0.981. The molecular formula is C10H7ClN4S3. The standard InChI is InChI=1S/C10H7ClN4S3/c1-5-14-15-10(18-5)17-4-7-12-8(11)6-2-3-16-9(6)13-7/h2-3H,4H2,1H3. The summed E-state index contributed by atoms with van der Waals surface area (Å²) in [6, 6.07) is 1.94. The summed E-state index contributed by atoms with van der Waals surface area (Å²) in [6.07, 6.45) is 0. The van der Waals surface area contributed by atoms with Crippen molar-refractivity contribution >= 4 is 56.3 Å². The first kappa shape index (κ1) is 12.3. The van der Waals surface area contributed by atoms with E-state index in [1.165, 1.54) is 0 Å². The summed E-state index contributed by atoms with van der Waals surface area (Å²) >= 11 is 10.8. The van der Waals surface area contributed by atoms with Crippen molar-refractivity contribution in [2.24, 2.45) is 0 Å². The quantitative estimate of drug-likeness (QED) is 0.543. The molecule has 0 aliphatic heterocycles. The minimum atomic E-state index is 0.519. The van der Waals surface area contributed by atoms with Crippen LogP contribution < -0.4 is 0 Å². The third-order valence-corrected chi connectivity index (χ3v) is 5.22. The lowest BCUT2D eigenvalue weighted by Gasteiger charge is -1.99. The van der Waals surface area contributed by atoms with Crippen molar-refractivity contribution in [2.45, 2.75) is 17.0 Å². The van der Waals surface area contributed by atoms with Crippen molar-refractivity contribution in [3.05, 3.63) is 27.4 Å². The maximum absolute atomic E-state index is 6.11. The van der Waals surface area contributed by atoms with Gasteiger partial charge in [0.1, 0.15) is 20.8 Å². The Hall–Kier alpha value is -0.760. The Kier molecular flexibility index (Phi) is 3.47. The van der Waals surface area contributed by atoms with Gasteiger partial charge in [-0.25, -0.2) is 9.97 Å². The zero-order valence-corrected chi connectivity index (χ0v) is 12.5. The zero-order chi connectivity index (χ0) is 12.5. The summed E-state index contributed by atoms with van der Waals surface area (Å²) in [5.74, 6) is 1.38. The first-order valence-corrected chi connectivity index (χ1v) is 8.11.